The van der Waals surface area contributed by atoms with E-state index in [0.29, 0.717) is 43.5 Å². The van der Waals surface area contributed by atoms with Gasteiger partial charge in [-0.05, 0) is 48.1 Å². The Bertz CT molecular complexity index is 1100. The number of carbonyl (C=O) groups excluding carboxylic acids is 2. The lowest BCUT2D eigenvalue weighted by Gasteiger charge is -2.31. The predicted octanol–water partition coefficient (Wildman–Crippen LogP) is 3.86. The molecule has 4 rings (SSSR count). The van der Waals surface area contributed by atoms with Gasteiger partial charge in [0.05, 0.1) is 19.8 Å². The molecule has 36 heavy (non-hydrogen) atoms. The maximum atomic E-state index is 13.1. The molecule has 0 aliphatic carbocycles. The third kappa shape index (κ3) is 5.82. The smallest absolute Gasteiger partial charge is 0.250 e. The molecule has 1 fully saturated rings. The average molecular weight is 493 g/mol. The van der Waals surface area contributed by atoms with Crippen LogP contribution in [0, 0.1) is 0 Å². The molecular weight excluding hydrogens is 456 g/mol. The first-order valence-corrected chi connectivity index (χ1v) is 12.6. The highest BCUT2D eigenvalue weighted by atomic mass is 16.5. The van der Waals surface area contributed by atoms with Crippen LogP contribution in [-0.2, 0) is 16.1 Å². The number of hydrazine groups is 1. The fraction of sp³-hybridized carbons (Fsp3) is 0.429. The Hall–Kier alpha value is -3.52. The van der Waals surface area contributed by atoms with Gasteiger partial charge >= 0.3 is 0 Å². The maximum Gasteiger partial charge on any atom is 0.250 e. The standard InChI is InChI=1S/C28H36N4O4/c1-5-36-26-16-20(6-11-25(26)35-4)18-29-27(33)12-13-31-14-15-32-24(28(31)34)17-23(30-32)22-9-7-21(8-10-22)19(2)3/h6-11,14-16,19,23-24,30H,5,12-13,17-18H2,1-4H3,(H,29,33). The van der Waals surface area contributed by atoms with Crippen LogP contribution in [0.5, 0.6) is 11.5 Å². The minimum absolute atomic E-state index is 0.00983. The average Bonchev–Trinajstić information content (AvgIpc) is 3.33. The summed E-state index contributed by atoms with van der Waals surface area (Å²) in [5.74, 6) is 1.70. The van der Waals surface area contributed by atoms with Crippen LogP contribution in [0.1, 0.15) is 62.3 Å². The van der Waals surface area contributed by atoms with Crippen LogP contribution >= 0.6 is 0 Å². The number of ether oxygens (including phenoxy) is 2. The van der Waals surface area contributed by atoms with Crippen molar-refractivity contribution in [3.63, 3.8) is 0 Å². The summed E-state index contributed by atoms with van der Waals surface area (Å²) in [5.41, 5.74) is 6.83. The van der Waals surface area contributed by atoms with E-state index in [1.165, 1.54) is 11.1 Å². The van der Waals surface area contributed by atoms with Gasteiger partial charge in [0.2, 0.25) is 5.91 Å². The van der Waals surface area contributed by atoms with Crippen molar-refractivity contribution < 1.29 is 19.1 Å². The Morgan fingerprint density at radius 3 is 2.61 bits per heavy atom. The first kappa shape index (κ1) is 25.6. The zero-order chi connectivity index (χ0) is 25.7. The first-order chi connectivity index (χ1) is 17.4. The highest BCUT2D eigenvalue weighted by Crippen LogP contribution is 2.32. The molecule has 1 saturated heterocycles. The molecule has 2 N–H and O–H groups in total. The summed E-state index contributed by atoms with van der Waals surface area (Å²) in [7, 11) is 1.60. The lowest BCUT2D eigenvalue weighted by atomic mass is 9.97. The third-order valence-corrected chi connectivity index (χ3v) is 6.68. The molecule has 0 radical (unpaired) electrons. The van der Waals surface area contributed by atoms with Crippen molar-refractivity contribution in [2.24, 2.45) is 0 Å². The Morgan fingerprint density at radius 1 is 1.14 bits per heavy atom. The minimum Gasteiger partial charge on any atom is -0.493 e. The largest absolute Gasteiger partial charge is 0.493 e. The monoisotopic (exact) mass is 492 g/mol. The number of carbonyl (C=O) groups is 2. The van der Waals surface area contributed by atoms with Gasteiger partial charge in [-0.3, -0.25) is 9.59 Å². The fourth-order valence-electron chi connectivity index (χ4n) is 4.56. The lowest BCUT2D eigenvalue weighted by Crippen LogP contribution is -2.48. The van der Waals surface area contributed by atoms with E-state index in [4.69, 9.17) is 9.47 Å². The van der Waals surface area contributed by atoms with Crippen molar-refractivity contribution >= 4 is 11.8 Å². The number of amides is 2. The van der Waals surface area contributed by atoms with Crippen LogP contribution in [-0.4, -0.2) is 48.0 Å². The third-order valence-electron chi connectivity index (χ3n) is 6.68. The molecule has 2 aromatic rings. The van der Waals surface area contributed by atoms with Crippen LogP contribution in [0.4, 0.5) is 0 Å². The van der Waals surface area contributed by atoms with E-state index in [0.717, 1.165) is 5.56 Å². The highest BCUT2D eigenvalue weighted by molar-refractivity contribution is 5.85. The SMILES string of the molecule is CCOc1cc(CNC(=O)CCN2C=CN3NC(c4ccc(C(C)C)cc4)CC3C2=O)ccc1OC. The molecule has 192 valence electrons. The van der Waals surface area contributed by atoms with E-state index >= 15 is 0 Å². The van der Waals surface area contributed by atoms with Crippen molar-refractivity contribution in [1.29, 1.82) is 0 Å². The van der Waals surface area contributed by atoms with E-state index in [-0.39, 0.29) is 30.3 Å². The molecular formula is C28H36N4O4. The molecule has 2 aliphatic rings. The van der Waals surface area contributed by atoms with Crippen LogP contribution < -0.4 is 20.2 Å². The van der Waals surface area contributed by atoms with Crippen molar-refractivity contribution in [1.82, 2.24) is 20.7 Å². The molecule has 0 saturated carbocycles. The number of methoxy groups -OCH3 is 1. The molecule has 2 amide bonds. The Morgan fingerprint density at radius 2 is 1.92 bits per heavy atom. The molecule has 2 atom stereocenters. The number of rotatable bonds is 10. The van der Waals surface area contributed by atoms with Gasteiger partial charge in [0.25, 0.3) is 5.91 Å². The first-order valence-electron chi connectivity index (χ1n) is 12.6. The number of hydrogen-bond donors (Lipinski definition) is 2. The molecule has 2 aromatic carbocycles. The number of nitrogens with zero attached hydrogens (tertiary/aromatic N) is 2. The second-order valence-corrected chi connectivity index (χ2v) is 9.44. The minimum atomic E-state index is -0.274. The van der Waals surface area contributed by atoms with E-state index < -0.39 is 0 Å². The van der Waals surface area contributed by atoms with Crippen LogP contribution in [0.3, 0.4) is 0 Å². The van der Waals surface area contributed by atoms with E-state index in [2.05, 4.69) is 48.9 Å². The van der Waals surface area contributed by atoms with Gasteiger partial charge in [0.1, 0.15) is 6.04 Å². The number of fused-ring (bicyclic) bond motifs is 1. The fourth-order valence-corrected chi connectivity index (χ4v) is 4.56. The summed E-state index contributed by atoms with van der Waals surface area (Å²) in [6.07, 6.45) is 4.55. The molecule has 0 aromatic heterocycles. The second kappa shape index (κ2) is 11.5. The molecule has 2 heterocycles. The molecule has 2 unspecified atom stereocenters. The van der Waals surface area contributed by atoms with E-state index in [1.54, 1.807) is 18.2 Å². The summed E-state index contributed by atoms with van der Waals surface area (Å²) >= 11 is 0. The molecule has 0 spiro atoms. The van der Waals surface area contributed by atoms with Gasteiger partial charge in [0, 0.05) is 31.9 Å². The predicted molar refractivity (Wildman–Crippen MR) is 138 cm³/mol. The Balaban J connectivity index is 1.27. The maximum absolute atomic E-state index is 13.1. The summed E-state index contributed by atoms with van der Waals surface area (Å²) in [5, 5.41) is 4.82. The zero-order valence-electron chi connectivity index (χ0n) is 21.5. The van der Waals surface area contributed by atoms with E-state index in [9.17, 15) is 9.59 Å². The van der Waals surface area contributed by atoms with Gasteiger partial charge in [-0.25, -0.2) is 5.43 Å². The van der Waals surface area contributed by atoms with Gasteiger partial charge in [0.15, 0.2) is 11.5 Å². The van der Waals surface area contributed by atoms with Gasteiger partial charge < -0.3 is 24.7 Å². The van der Waals surface area contributed by atoms with Crippen molar-refractivity contribution in [2.45, 2.75) is 58.2 Å². The molecule has 8 heteroatoms. The van der Waals surface area contributed by atoms with Crippen LogP contribution in [0.25, 0.3) is 0 Å². The van der Waals surface area contributed by atoms with Gasteiger partial charge in [-0.15, -0.1) is 0 Å². The summed E-state index contributed by atoms with van der Waals surface area (Å²) in [6, 6.07) is 14.0. The van der Waals surface area contributed by atoms with Gasteiger partial charge in [-0.1, -0.05) is 44.2 Å². The molecule has 8 nitrogen and oxygen atoms in total. The van der Waals surface area contributed by atoms with Gasteiger partial charge in [-0.2, -0.15) is 0 Å². The highest BCUT2D eigenvalue weighted by Gasteiger charge is 2.39. The van der Waals surface area contributed by atoms with Crippen molar-refractivity contribution in [3.05, 3.63) is 71.6 Å². The number of nitrogens with one attached hydrogen (secondary N) is 2. The molecule has 0 bridgehead atoms. The number of hydrogen-bond acceptors (Lipinski definition) is 6. The normalized spacial score (nSPS) is 19.0. The number of benzene rings is 2. The van der Waals surface area contributed by atoms with Crippen molar-refractivity contribution in [2.75, 3.05) is 20.3 Å². The topological polar surface area (TPSA) is 83.1 Å². The molecule has 2 aliphatic heterocycles. The lowest BCUT2D eigenvalue weighted by molar-refractivity contribution is -0.134. The van der Waals surface area contributed by atoms with E-state index in [1.807, 2.05) is 36.3 Å². The van der Waals surface area contributed by atoms with Crippen LogP contribution in [0.2, 0.25) is 0 Å². The summed E-state index contributed by atoms with van der Waals surface area (Å²) < 4.78 is 10.9. The van der Waals surface area contributed by atoms with Crippen LogP contribution in [0.15, 0.2) is 54.9 Å². The Labute approximate surface area is 213 Å². The second-order valence-electron chi connectivity index (χ2n) is 9.44. The van der Waals surface area contributed by atoms with Crippen molar-refractivity contribution in [3.8, 4) is 11.5 Å². The summed E-state index contributed by atoms with van der Waals surface area (Å²) in [6.45, 7) is 7.52. The summed E-state index contributed by atoms with van der Waals surface area (Å²) in [4.78, 5) is 27.2. The quantitative estimate of drug-likeness (QED) is 0.524. The Kier molecular flexibility index (Phi) is 8.15. The zero-order valence-corrected chi connectivity index (χ0v) is 21.5.